The van der Waals surface area contributed by atoms with Crippen LogP contribution in [0.25, 0.3) is 11.2 Å². The van der Waals surface area contributed by atoms with E-state index in [0.717, 1.165) is 10.9 Å². The number of nitrogens with zero attached hydrogens (tertiary/aromatic N) is 6. The van der Waals surface area contributed by atoms with Crippen molar-refractivity contribution < 1.29 is 61.8 Å². The number of amides is 1. The molecule has 1 unspecified atom stereocenters. The van der Waals surface area contributed by atoms with E-state index in [0.29, 0.717) is 6.42 Å². The Bertz CT molecular complexity index is 1940. The maximum absolute atomic E-state index is 13.8. The lowest BCUT2D eigenvalue weighted by Crippen LogP contribution is -2.39. The van der Waals surface area contributed by atoms with Crippen molar-refractivity contribution in [2.24, 2.45) is 0 Å². The van der Waals surface area contributed by atoms with Gasteiger partial charge in [0.15, 0.2) is 23.8 Å². The van der Waals surface area contributed by atoms with Gasteiger partial charge in [-0.05, 0) is 12.5 Å². The zero-order valence-electron chi connectivity index (χ0n) is 27.2. The van der Waals surface area contributed by atoms with E-state index in [4.69, 9.17) is 30.2 Å². The Balaban J connectivity index is 1.35. The third-order valence-electron chi connectivity index (χ3n) is 8.08. The van der Waals surface area contributed by atoms with Crippen LogP contribution in [0.3, 0.4) is 0 Å². The number of phosphoric acid groups is 1. The Morgan fingerprint density at radius 1 is 1.08 bits per heavy atom. The minimum atomic E-state index is -5.07. The number of hydrogen-bond donors (Lipinski definition) is 7. The highest BCUT2D eigenvalue weighted by Gasteiger charge is 2.52. The molecule has 8 atom stereocenters. The maximum atomic E-state index is 13.8. The zero-order chi connectivity index (χ0) is 37.8. The number of imidazole rings is 1. The molecule has 0 radical (unpaired) electrons. The first kappa shape index (κ1) is 39.1. The zero-order valence-corrected chi connectivity index (χ0v) is 29.0. The van der Waals surface area contributed by atoms with E-state index in [1.807, 2.05) is 0 Å². The number of aromatic nitrogens is 6. The Hall–Kier alpha value is -4.15. The fraction of sp³-hybridized carbons (Fsp3) is 0.519. The van der Waals surface area contributed by atoms with Crippen LogP contribution in [0.4, 0.5) is 11.6 Å². The van der Waals surface area contributed by atoms with Crippen LogP contribution in [-0.2, 0) is 42.0 Å². The number of allylic oxidation sites excluding steroid dienone is 1. The Kier molecular flexibility index (Phi) is 12.2. The molecule has 2 aliphatic heterocycles. The number of fused-ring (bicyclic) bond motifs is 1. The van der Waals surface area contributed by atoms with Crippen molar-refractivity contribution >= 4 is 50.1 Å². The van der Waals surface area contributed by atoms with Crippen LogP contribution in [0.5, 0.6) is 0 Å². The molecule has 2 fully saturated rings. The van der Waals surface area contributed by atoms with Crippen molar-refractivity contribution in [2.75, 3.05) is 31.2 Å². The molecule has 0 saturated carbocycles. The fourth-order valence-electron chi connectivity index (χ4n) is 5.59. The molecule has 25 heteroatoms. The molecule has 5 rings (SSSR count). The van der Waals surface area contributed by atoms with Crippen molar-refractivity contribution in [3.05, 3.63) is 48.1 Å². The lowest BCUT2D eigenvalue weighted by Gasteiger charge is -2.25. The molecular formula is C27H37N9O14P2. The van der Waals surface area contributed by atoms with Gasteiger partial charge in [0.1, 0.15) is 36.1 Å². The van der Waals surface area contributed by atoms with Gasteiger partial charge in [-0.3, -0.25) is 27.8 Å². The van der Waals surface area contributed by atoms with E-state index in [2.05, 4.69) is 36.4 Å². The summed E-state index contributed by atoms with van der Waals surface area (Å²) in [6, 6.07) is 1.27. The summed E-state index contributed by atoms with van der Waals surface area (Å²) in [6.45, 7) is 1.80. The van der Waals surface area contributed by atoms with Gasteiger partial charge in [0.2, 0.25) is 5.91 Å². The van der Waals surface area contributed by atoms with E-state index in [1.165, 1.54) is 23.2 Å². The van der Waals surface area contributed by atoms with Gasteiger partial charge in [0, 0.05) is 25.6 Å². The summed E-state index contributed by atoms with van der Waals surface area (Å²) < 4.78 is 54.8. The monoisotopic (exact) mass is 773 g/mol. The number of hydrogen-bond acceptors (Lipinski definition) is 17. The van der Waals surface area contributed by atoms with Gasteiger partial charge in [0.05, 0.1) is 37.7 Å². The van der Waals surface area contributed by atoms with E-state index in [9.17, 15) is 43.3 Å². The van der Waals surface area contributed by atoms with Gasteiger partial charge < -0.3 is 55.3 Å². The first-order chi connectivity index (χ1) is 24.6. The van der Waals surface area contributed by atoms with Gasteiger partial charge in [-0.1, -0.05) is 6.08 Å². The van der Waals surface area contributed by atoms with Gasteiger partial charge in [0.25, 0.3) is 0 Å². The Morgan fingerprint density at radius 2 is 1.83 bits per heavy atom. The van der Waals surface area contributed by atoms with E-state index < -0.39 is 82.8 Å². The van der Waals surface area contributed by atoms with Gasteiger partial charge in [-0.15, -0.1) is 6.58 Å². The second-order valence-electron chi connectivity index (χ2n) is 11.6. The van der Waals surface area contributed by atoms with Crippen LogP contribution in [0.1, 0.15) is 38.1 Å². The van der Waals surface area contributed by atoms with Crippen molar-refractivity contribution in [1.29, 1.82) is 0 Å². The number of phosphoric ester groups is 1. The minimum absolute atomic E-state index is 0.0295. The summed E-state index contributed by atoms with van der Waals surface area (Å²) in [5.41, 5.74) is 9.36. The number of rotatable bonds is 16. The summed E-state index contributed by atoms with van der Waals surface area (Å²) in [5.74, 6) is -1.26. The summed E-state index contributed by atoms with van der Waals surface area (Å²) in [7, 11) is -9.96. The van der Waals surface area contributed by atoms with E-state index in [-0.39, 0.29) is 54.5 Å². The number of aliphatic hydroxyl groups is 1. The number of esters is 1. The van der Waals surface area contributed by atoms with Crippen molar-refractivity contribution in [2.45, 2.75) is 68.2 Å². The summed E-state index contributed by atoms with van der Waals surface area (Å²) in [6.07, 6.45) is -3.52. The normalized spacial score (nSPS) is 25.9. The highest BCUT2D eigenvalue weighted by atomic mass is 31.2. The minimum Gasteiger partial charge on any atom is -0.456 e. The van der Waals surface area contributed by atoms with Crippen LogP contribution < -0.4 is 22.5 Å². The molecule has 2 aliphatic rings. The first-order valence-electron chi connectivity index (χ1n) is 15.6. The van der Waals surface area contributed by atoms with Crippen LogP contribution >= 0.6 is 15.4 Å². The fourth-order valence-corrected chi connectivity index (χ4v) is 7.51. The third kappa shape index (κ3) is 9.25. The number of anilines is 2. The number of aliphatic hydroxyl groups excluding tert-OH is 1. The molecule has 0 aliphatic carbocycles. The highest BCUT2D eigenvalue weighted by molar-refractivity contribution is 7.53. The number of nitrogen functional groups attached to an aromatic ring is 2. The Morgan fingerprint density at radius 3 is 2.54 bits per heavy atom. The lowest BCUT2D eigenvalue weighted by atomic mass is 10.1. The Labute approximate surface area is 293 Å². The molecule has 9 N–H and O–H groups in total. The standard InChI is InChI=1S/C27H37N9O14P2/c1-2-3-4-18(37)30-7-5-20(38)50-23-15(49-26(22(23)39)36-13-33-21-24(29)31-12-32-25(21)36)11-46-51(41,42)16-9-19(35-8-6-17(28)34-27(35)40)48-14(16)10-47-52(43,44)45/h2,6,8,12-16,19,22-23,26,39H,1,3-5,7,9-11H2,(H,30,37)(H,41,42)(H2,28,34,40)(H2,29,31,32)(H2,43,44,45)/t14-,15-,16+,19-,22-,23-,26-/m1/s1. The number of ether oxygens (including phenoxy) is 3. The van der Waals surface area contributed by atoms with Crippen LogP contribution in [0, 0.1) is 0 Å². The largest absolute Gasteiger partial charge is 0.469 e. The molecular weight excluding hydrogens is 736 g/mol. The predicted molar refractivity (Wildman–Crippen MR) is 176 cm³/mol. The first-order valence-corrected chi connectivity index (χ1v) is 18.8. The molecule has 2 saturated heterocycles. The topological polar surface area (TPSA) is 338 Å². The summed E-state index contributed by atoms with van der Waals surface area (Å²) in [4.78, 5) is 82.7. The molecule has 0 bridgehead atoms. The number of carbonyl (C=O) groups is 2. The van der Waals surface area contributed by atoms with Crippen molar-refractivity contribution in [1.82, 2.24) is 34.4 Å². The number of nitrogens with two attached hydrogens (primary N) is 2. The quantitative estimate of drug-likeness (QED) is 0.0513. The van der Waals surface area contributed by atoms with Crippen LogP contribution in [0.2, 0.25) is 0 Å². The molecule has 0 aromatic carbocycles. The average Bonchev–Trinajstić information content (AvgIpc) is 3.78. The molecule has 3 aromatic rings. The van der Waals surface area contributed by atoms with E-state index in [1.54, 1.807) is 6.08 Å². The average molecular weight is 774 g/mol. The second-order valence-corrected chi connectivity index (χ2v) is 14.9. The van der Waals surface area contributed by atoms with Crippen LogP contribution in [0.15, 0.2) is 42.4 Å². The van der Waals surface area contributed by atoms with Gasteiger partial charge in [-0.25, -0.2) is 24.3 Å². The molecule has 1 amide bonds. The molecule has 5 heterocycles. The van der Waals surface area contributed by atoms with Crippen molar-refractivity contribution in [3.63, 3.8) is 0 Å². The second kappa shape index (κ2) is 16.3. The molecule has 52 heavy (non-hydrogen) atoms. The predicted octanol–water partition coefficient (Wildman–Crippen LogP) is -1.14. The number of nitrogens with one attached hydrogen (secondary N) is 1. The molecule has 284 valence electrons. The van der Waals surface area contributed by atoms with Gasteiger partial charge in [-0.2, -0.15) is 4.98 Å². The summed E-state index contributed by atoms with van der Waals surface area (Å²) in [5, 5.41) is 13.9. The van der Waals surface area contributed by atoms with Gasteiger partial charge >= 0.3 is 27.1 Å². The number of carbonyl (C=O) groups excluding carboxylic acids is 2. The smallest absolute Gasteiger partial charge is 0.456 e. The highest BCUT2D eigenvalue weighted by Crippen LogP contribution is 2.56. The van der Waals surface area contributed by atoms with Crippen molar-refractivity contribution in [3.8, 4) is 0 Å². The van der Waals surface area contributed by atoms with E-state index >= 15 is 0 Å². The SMILES string of the molecule is C=CCCC(=O)NCCC(=O)O[C@H]1[C@@H](O)[C@H](n2cnc3c(N)ncnc32)O[C@@H]1COP(=O)(O)[C@H]1C[C@H](n2ccc(N)nc2=O)O[C@@H]1COP(=O)(O)O. The molecule has 23 nitrogen and oxygen atoms in total. The third-order valence-corrected chi connectivity index (χ3v) is 10.5. The van der Waals surface area contributed by atoms with Crippen LogP contribution in [-0.4, -0.2) is 111 Å². The lowest BCUT2D eigenvalue weighted by molar-refractivity contribution is -0.156. The summed E-state index contributed by atoms with van der Waals surface area (Å²) >= 11 is 0. The molecule has 3 aromatic heterocycles. The maximum Gasteiger partial charge on any atom is 0.469 e. The molecule has 0 spiro atoms.